The third-order valence-corrected chi connectivity index (χ3v) is 2.76. The van der Waals surface area contributed by atoms with Crippen molar-refractivity contribution in [3.8, 4) is 0 Å². The molecule has 0 atom stereocenters. The largest absolute Gasteiger partial charge is 0.336 e. The second kappa shape index (κ2) is 6.10. The minimum absolute atomic E-state index is 0.104. The molecule has 6 nitrogen and oxygen atoms in total. The zero-order valence-electron chi connectivity index (χ0n) is 10.9. The van der Waals surface area contributed by atoms with E-state index in [1.165, 1.54) is 0 Å². The molecule has 0 radical (unpaired) electrons. The van der Waals surface area contributed by atoms with E-state index in [-0.39, 0.29) is 5.91 Å². The number of aromatic nitrogens is 3. The fourth-order valence-corrected chi connectivity index (χ4v) is 1.77. The maximum absolute atomic E-state index is 12.2. The Kier molecular flexibility index (Phi) is 4.25. The fraction of sp³-hybridized carbons (Fsp3) is 0.308. The van der Waals surface area contributed by atoms with Crippen LogP contribution in [0.15, 0.2) is 37.1 Å². The van der Waals surface area contributed by atoms with Crippen LogP contribution in [0.25, 0.3) is 0 Å². The minimum Gasteiger partial charge on any atom is -0.336 e. The van der Waals surface area contributed by atoms with E-state index in [1.807, 2.05) is 16.7 Å². The van der Waals surface area contributed by atoms with Crippen molar-refractivity contribution in [3.05, 3.63) is 48.3 Å². The molecule has 2 aromatic heterocycles. The summed E-state index contributed by atoms with van der Waals surface area (Å²) in [7, 11) is 1.75. The Morgan fingerprint density at radius 2 is 2.16 bits per heavy atom. The van der Waals surface area contributed by atoms with Gasteiger partial charge in [0.1, 0.15) is 5.69 Å². The highest BCUT2D eigenvalue weighted by Gasteiger charge is 2.14. The molecule has 0 aliphatic carbocycles. The topological polar surface area (TPSA) is 77.0 Å². The number of hydrogen-bond acceptors (Lipinski definition) is 4. The standard InChI is InChI=1S/C13H17N5O/c1-17(8-11-2-5-15-6-3-11)13(19)12-9-18(7-4-14)10-16-12/h2-3,5-6,9-10H,4,7-8,14H2,1H3. The molecule has 0 aliphatic rings. The summed E-state index contributed by atoms with van der Waals surface area (Å²) in [5.41, 5.74) is 6.93. The van der Waals surface area contributed by atoms with Crippen LogP contribution in [-0.2, 0) is 13.1 Å². The lowest BCUT2D eigenvalue weighted by Crippen LogP contribution is -2.26. The van der Waals surface area contributed by atoms with Crippen molar-refractivity contribution in [1.29, 1.82) is 0 Å². The normalized spacial score (nSPS) is 10.4. The van der Waals surface area contributed by atoms with E-state index in [1.54, 1.807) is 36.9 Å². The summed E-state index contributed by atoms with van der Waals surface area (Å²) >= 11 is 0. The average molecular weight is 259 g/mol. The van der Waals surface area contributed by atoms with E-state index in [0.29, 0.717) is 25.3 Å². The summed E-state index contributed by atoms with van der Waals surface area (Å²) in [5.74, 6) is -0.104. The van der Waals surface area contributed by atoms with Gasteiger partial charge in [-0.2, -0.15) is 0 Å². The Morgan fingerprint density at radius 3 is 2.84 bits per heavy atom. The molecular weight excluding hydrogens is 242 g/mol. The molecule has 2 N–H and O–H groups in total. The molecule has 0 aromatic carbocycles. The van der Waals surface area contributed by atoms with Crippen LogP contribution in [0.4, 0.5) is 0 Å². The van der Waals surface area contributed by atoms with Gasteiger partial charge < -0.3 is 15.2 Å². The van der Waals surface area contributed by atoms with Gasteiger partial charge in [-0.1, -0.05) is 0 Å². The van der Waals surface area contributed by atoms with Crippen molar-refractivity contribution >= 4 is 5.91 Å². The molecule has 2 rings (SSSR count). The van der Waals surface area contributed by atoms with Gasteiger partial charge in [0.15, 0.2) is 0 Å². The van der Waals surface area contributed by atoms with Gasteiger partial charge in [0, 0.05) is 45.3 Å². The van der Waals surface area contributed by atoms with E-state index < -0.39 is 0 Å². The number of nitrogens with zero attached hydrogens (tertiary/aromatic N) is 4. The number of hydrogen-bond donors (Lipinski definition) is 1. The molecule has 0 spiro atoms. The van der Waals surface area contributed by atoms with Crippen LogP contribution in [0, 0.1) is 0 Å². The quantitative estimate of drug-likeness (QED) is 0.848. The minimum atomic E-state index is -0.104. The lowest BCUT2D eigenvalue weighted by atomic mass is 10.2. The van der Waals surface area contributed by atoms with Gasteiger partial charge >= 0.3 is 0 Å². The molecule has 19 heavy (non-hydrogen) atoms. The highest BCUT2D eigenvalue weighted by Crippen LogP contribution is 2.06. The van der Waals surface area contributed by atoms with Gasteiger partial charge in [0.25, 0.3) is 5.91 Å². The first-order valence-electron chi connectivity index (χ1n) is 6.07. The number of pyridine rings is 1. The summed E-state index contributed by atoms with van der Waals surface area (Å²) in [4.78, 5) is 21.8. The van der Waals surface area contributed by atoms with Crippen LogP contribution in [0.1, 0.15) is 16.1 Å². The smallest absolute Gasteiger partial charge is 0.274 e. The van der Waals surface area contributed by atoms with E-state index in [4.69, 9.17) is 5.73 Å². The van der Waals surface area contributed by atoms with Gasteiger partial charge in [-0.25, -0.2) is 4.98 Å². The monoisotopic (exact) mass is 259 g/mol. The van der Waals surface area contributed by atoms with Crippen LogP contribution < -0.4 is 5.73 Å². The molecule has 1 amide bonds. The van der Waals surface area contributed by atoms with Crippen LogP contribution in [-0.4, -0.2) is 38.9 Å². The van der Waals surface area contributed by atoms with Gasteiger partial charge in [0.2, 0.25) is 0 Å². The Labute approximate surface area is 111 Å². The fourth-order valence-electron chi connectivity index (χ4n) is 1.77. The van der Waals surface area contributed by atoms with Crippen molar-refractivity contribution < 1.29 is 4.79 Å². The molecule has 2 aromatic rings. The second-order valence-electron chi connectivity index (χ2n) is 4.30. The highest BCUT2D eigenvalue weighted by molar-refractivity contribution is 5.91. The van der Waals surface area contributed by atoms with Gasteiger partial charge in [-0.15, -0.1) is 0 Å². The molecule has 100 valence electrons. The maximum atomic E-state index is 12.2. The molecule has 0 fully saturated rings. The maximum Gasteiger partial charge on any atom is 0.274 e. The number of carbonyl (C=O) groups excluding carboxylic acids is 1. The lowest BCUT2D eigenvalue weighted by molar-refractivity contribution is 0.0779. The first-order valence-corrected chi connectivity index (χ1v) is 6.07. The number of imidazole rings is 1. The predicted octanol–water partition coefficient (Wildman–Crippen LogP) is 0.509. The van der Waals surface area contributed by atoms with Crippen molar-refractivity contribution in [2.24, 2.45) is 5.73 Å². The van der Waals surface area contributed by atoms with E-state index >= 15 is 0 Å². The van der Waals surface area contributed by atoms with Crippen molar-refractivity contribution in [2.45, 2.75) is 13.1 Å². The number of amides is 1. The number of nitrogens with two attached hydrogens (primary N) is 1. The van der Waals surface area contributed by atoms with Crippen LogP contribution >= 0.6 is 0 Å². The molecule has 0 aliphatic heterocycles. The summed E-state index contributed by atoms with van der Waals surface area (Å²) < 4.78 is 1.81. The van der Waals surface area contributed by atoms with Crippen LogP contribution in [0.2, 0.25) is 0 Å². The summed E-state index contributed by atoms with van der Waals surface area (Å²) in [5, 5.41) is 0. The third-order valence-electron chi connectivity index (χ3n) is 2.76. The Bertz CT molecular complexity index is 537. The molecule has 6 heteroatoms. The second-order valence-corrected chi connectivity index (χ2v) is 4.30. The number of carbonyl (C=O) groups is 1. The summed E-state index contributed by atoms with van der Waals surface area (Å²) in [6.07, 6.45) is 6.77. The molecule has 2 heterocycles. The first-order chi connectivity index (χ1) is 9.20. The molecule has 0 saturated heterocycles. The van der Waals surface area contributed by atoms with Gasteiger partial charge in [-0.05, 0) is 17.7 Å². The highest BCUT2D eigenvalue weighted by atomic mass is 16.2. The SMILES string of the molecule is CN(Cc1ccncc1)C(=O)c1cn(CCN)cn1. The Balaban J connectivity index is 2.02. The van der Waals surface area contributed by atoms with Gasteiger partial charge in [-0.3, -0.25) is 9.78 Å². The van der Waals surface area contributed by atoms with Crippen LogP contribution in [0.5, 0.6) is 0 Å². The number of rotatable bonds is 5. The predicted molar refractivity (Wildman–Crippen MR) is 71.3 cm³/mol. The summed E-state index contributed by atoms with van der Waals surface area (Å²) in [6, 6.07) is 3.77. The molecule has 0 bridgehead atoms. The third kappa shape index (κ3) is 3.38. The zero-order chi connectivity index (χ0) is 13.7. The summed E-state index contributed by atoms with van der Waals surface area (Å²) in [6.45, 7) is 1.72. The van der Waals surface area contributed by atoms with E-state index in [0.717, 1.165) is 5.56 Å². The first kappa shape index (κ1) is 13.2. The Morgan fingerprint density at radius 1 is 1.42 bits per heavy atom. The average Bonchev–Trinajstić information content (AvgIpc) is 2.88. The van der Waals surface area contributed by atoms with E-state index in [2.05, 4.69) is 9.97 Å². The van der Waals surface area contributed by atoms with Crippen molar-refractivity contribution in [3.63, 3.8) is 0 Å². The zero-order valence-corrected chi connectivity index (χ0v) is 10.9. The van der Waals surface area contributed by atoms with Crippen molar-refractivity contribution in [1.82, 2.24) is 19.4 Å². The van der Waals surface area contributed by atoms with Gasteiger partial charge in [0.05, 0.1) is 6.33 Å². The molecule has 0 unspecified atom stereocenters. The van der Waals surface area contributed by atoms with Crippen molar-refractivity contribution in [2.75, 3.05) is 13.6 Å². The Hall–Kier alpha value is -2.21. The van der Waals surface area contributed by atoms with Crippen LogP contribution in [0.3, 0.4) is 0 Å². The molecular formula is C13H17N5O. The lowest BCUT2D eigenvalue weighted by Gasteiger charge is -2.15. The molecule has 0 saturated carbocycles. The van der Waals surface area contributed by atoms with E-state index in [9.17, 15) is 4.79 Å².